The second-order valence-electron chi connectivity index (χ2n) is 4.77. The number of aliphatic imine (C=N–C) groups is 1. The molecule has 1 atom stereocenters. The molecule has 0 spiro atoms. The maximum atomic E-state index is 6.12. The number of benzene rings is 1. The van der Waals surface area contributed by atoms with Crippen LogP contribution in [0.5, 0.6) is 0 Å². The highest BCUT2D eigenvalue weighted by molar-refractivity contribution is 7.82. The number of nitrogens with one attached hydrogen (secondary N) is 1. The normalized spacial score (nSPS) is 21.8. The zero-order valence-corrected chi connectivity index (χ0v) is 12.7. The summed E-state index contributed by atoms with van der Waals surface area (Å²) in [5.74, 6) is 0. The van der Waals surface area contributed by atoms with Crippen LogP contribution in [-0.2, 0) is 12.7 Å². The van der Waals surface area contributed by atoms with Gasteiger partial charge in [0.1, 0.15) is 4.99 Å². The summed E-state index contributed by atoms with van der Waals surface area (Å²) < 4.78 is 1.75. The van der Waals surface area contributed by atoms with Crippen LogP contribution in [0.1, 0.15) is 18.1 Å². The van der Waals surface area contributed by atoms with Gasteiger partial charge in [-0.2, -0.15) is 5.10 Å². The molecule has 1 aromatic carbocycles. The largest absolute Gasteiger partial charge is 0.343 e. The zero-order valence-electron chi connectivity index (χ0n) is 11.1. The van der Waals surface area contributed by atoms with E-state index in [-0.39, 0.29) is 0 Å². The van der Waals surface area contributed by atoms with E-state index >= 15 is 0 Å². The van der Waals surface area contributed by atoms with E-state index in [0.717, 1.165) is 16.8 Å². The number of hydrogen-bond donors (Lipinski definition) is 1. The summed E-state index contributed by atoms with van der Waals surface area (Å²) in [7, 11) is 1.87. The Balaban J connectivity index is 2.22. The van der Waals surface area contributed by atoms with Crippen molar-refractivity contribution in [1.29, 1.82) is 0 Å². The molecule has 102 valence electrons. The Hall–Kier alpha value is -1.72. The Labute approximate surface area is 127 Å². The number of nitrogens with zero attached hydrogens (tertiary/aromatic N) is 3. The SMILES string of the molecule is CC1=NC(c2cccc(Cl)c2)(c2cnn(C)c2)NC1=S. The van der Waals surface area contributed by atoms with Crippen molar-refractivity contribution in [2.24, 2.45) is 12.0 Å². The Kier molecular flexibility index (Phi) is 3.11. The molecule has 2 heterocycles. The van der Waals surface area contributed by atoms with Gasteiger partial charge in [0.25, 0.3) is 0 Å². The van der Waals surface area contributed by atoms with E-state index in [1.54, 1.807) is 10.9 Å². The molecule has 0 aliphatic carbocycles. The van der Waals surface area contributed by atoms with Crippen LogP contribution in [0.4, 0.5) is 0 Å². The molecule has 1 aliphatic heterocycles. The Morgan fingerprint density at radius 1 is 1.35 bits per heavy atom. The minimum absolute atomic E-state index is 0.647. The highest BCUT2D eigenvalue weighted by Gasteiger charge is 2.40. The molecule has 2 aromatic rings. The first-order valence-corrected chi connectivity index (χ1v) is 6.94. The van der Waals surface area contributed by atoms with E-state index in [1.807, 2.05) is 44.4 Å². The molecule has 0 fully saturated rings. The summed E-state index contributed by atoms with van der Waals surface area (Å²) in [4.78, 5) is 5.40. The first kappa shape index (κ1) is 13.3. The third-order valence-electron chi connectivity index (χ3n) is 3.32. The van der Waals surface area contributed by atoms with Gasteiger partial charge in [-0.1, -0.05) is 36.0 Å². The molecule has 0 saturated heterocycles. The van der Waals surface area contributed by atoms with Crippen LogP contribution in [0.2, 0.25) is 5.02 Å². The highest BCUT2D eigenvalue weighted by atomic mass is 35.5. The molecule has 0 amide bonds. The number of thiocarbonyl (C=S) groups is 1. The molecule has 1 unspecified atom stereocenters. The van der Waals surface area contributed by atoms with Gasteiger partial charge in [-0.15, -0.1) is 0 Å². The minimum atomic E-state index is -0.736. The summed E-state index contributed by atoms with van der Waals surface area (Å²) in [5.41, 5.74) is 1.95. The van der Waals surface area contributed by atoms with Crippen molar-refractivity contribution in [2.45, 2.75) is 12.6 Å². The van der Waals surface area contributed by atoms with Crippen molar-refractivity contribution < 1.29 is 0 Å². The second kappa shape index (κ2) is 4.68. The number of aryl methyl sites for hydroxylation is 1. The molecule has 0 saturated carbocycles. The monoisotopic (exact) mass is 304 g/mol. The van der Waals surface area contributed by atoms with Gasteiger partial charge in [-0.05, 0) is 19.1 Å². The maximum absolute atomic E-state index is 6.12. The lowest BCUT2D eigenvalue weighted by Gasteiger charge is -2.26. The van der Waals surface area contributed by atoms with E-state index in [2.05, 4.69) is 10.4 Å². The quantitative estimate of drug-likeness (QED) is 0.867. The number of halogens is 1. The fourth-order valence-electron chi connectivity index (χ4n) is 2.35. The molecule has 1 N–H and O–H groups in total. The number of hydrogen-bond acceptors (Lipinski definition) is 3. The standard InChI is InChI=1S/C14H13ClN4S/c1-9-13(20)18-14(17-9,11-7-16-19(2)8-11)10-4-3-5-12(15)6-10/h3-8H,1-2H3,(H,18,20). The van der Waals surface area contributed by atoms with Crippen LogP contribution in [-0.4, -0.2) is 20.5 Å². The summed E-state index contributed by atoms with van der Waals surface area (Å²) in [5, 5.41) is 8.21. The van der Waals surface area contributed by atoms with Crippen LogP contribution in [0, 0.1) is 0 Å². The van der Waals surface area contributed by atoms with E-state index in [9.17, 15) is 0 Å². The molecular weight excluding hydrogens is 292 g/mol. The van der Waals surface area contributed by atoms with Crippen molar-refractivity contribution >= 4 is 34.5 Å². The van der Waals surface area contributed by atoms with Crippen LogP contribution >= 0.6 is 23.8 Å². The minimum Gasteiger partial charge on any atom is -0.343 e. The molecule has 6 heteroatoms. The summed E-state index contributed by atoms with van der Waals surface area (Å²) in [6, 6.07) is 7.62. The Morgan fingerprint density at radius 3 is 2.70 bits per heavy atom. The lowest BCUT2D eigenvalue weighted by molar-refractivity contribution is 0.524. The fraction of sp³-hybridized carbons (Fsp3) is 0.214. The summed E-state index contributed by atoms with van der Waals surface area (Å²) in [6.45, 7) is 1.90. The van der Waals surface area contributed by atoms with E-state index in [1.165, 1.54) is 0 Å². The van der Waals surface area contributed by atoms with E-state index < -0.39 is 5.66 Å². The van der Waals surface area contributed by atoms with Crippen molar-refractivity contribution in [1.82, 2.24) is 15.1 Å². The fourth-order valence-corrected chi connectivity index (χ4v) is 2.73. The molecule has 0 radical (unpaired) electrons. The van der Waals surface area contributed by atoms with Crippen molar-refractivity contribution in [2.75, 3.05) is 0 Å². The van der Waals surface area contributed by atoms with Gasteiger partial charge in [0.15, 0.2) is 5.66 Å². The molecule has 4 nitrogen and oxygen atoms in total. The zero-order chi connectivity index (χ0) is 14.3. The van der Waals surface area contributed by atoms with E-state index in [4.69, 9.17) is 28.8 Å². The van der Waals surface area contributed by atoms with Crippen molar-refractivity contribution in [3.05, 3.63) is 52.8 Å². The maximum Gasteiger partial charge on any atom is 0.185 e. The van der Waals surface area contributed by atoms with Crippen LogP contribution in [0.3, 0.4) is 0 Å². The molecule has 20 heavy (non-hydrogen) atoms. The highest BCUT2D eigenvalue weighted by Crippen LogP contribution is 2.35. The number of rotatable bonds is 2. The van der Waals surface area contributed by atoms with Crippen molar-refractivity contribution in [3.63, 3.8) is 0 Å². The predicted molar refractivity (Wildman–Crippen MR) is 84.3 cm³/mol. The Morgan fingerprint density at radius 2 is 2.15 bits per heavy atom. The third kappa shape index (κ3) is 2.03. The summed E-state index contributed by atoms with van der Waals surface area (Å²) in [6.07, 6.45) is 3.72. The van der Waals surface area contributed by atoms with Gasteiger partial charge in [0.2, 0.25) is 0 Å². The predicted octanol–water partition coefficient (Wildman–Crippen LogP) is 2.67. The van der Waals surface area contributed by atoms with Crippen LogP contribution < -0.4 is 5.32 Å². The van der Waals surface area contributed by atoms with Gasteiger partial charge in [-0.3, -0.25) is 4.68 Å². The lowest BCUT2D eigenvalue weighted by atomic mass is 9.94. The average molecular weight is 305 g/mol. The molecule has 1 aromatic heterocycles. The summed E-state index contributed by atoms with van der Waals surface area (Å²) >= 11 is 11.4. The van der Waals surface area contributed by atoms with E-state index in [0.29, 0.717) is 10.0 Å². The molecule has 1 aliphatic rings. The second-order valence-corrected chi connectivity index (χ2v) is 5.62. The topological polar surface area (TPSA) is 42.2 Å². The van der Waals surface area contributed by atoms with Gasteiger partial charge in [0.05, 0.1) is 11.9 Å². The number of aromatic nitrogens is 2. The van der Waals surface area contributed by atoms with Crippen LogP contribution in [0.15, 0.2) is 41.7 Å². The average Bonchev–Trinajstić information content (AvgIpc) is 2.96. The first-order chi connectivity index (χ1) is 9.51. The molecule has 0 bridgehead atoms. The molecule has 3 rings (SSSR count). The first-order valence-electron chi connectivity index (χ1n) is 6.15. The van der Waals surface area contributed by atoms with Crippen LogP contribution in [0.25, 0.3) is 0 Å². The van der Waals surface area contributed by atoms with Crippen molar-refractivity contribution in [3.8, 4) is 0 Å². The van der Waals surface area contributed by atoms with Gasteiger partial charge in [-0.25, -0.2) is 4.99 Å². The van der Waals surface area contributed by atoms with Gasteiger partial charge < -0.3 is 5.32 Å². The third-order valence-corrected chi connectivity index (χ3v) is 3.96. The lowest BCUT2D eigenvalue weighted by Crippen LogP contribution is -2.40. The Bertz CT molecular complexity index is 721. The van der Waals surface area contributed by atoms with Gasteiger partial charge >= 0.3 is 0 Å². The molecular formula is C14H13ClN4S. The van der Waals surface area contributed by atoms with Gasteiger partial charge in [0, 0.05) is 29.4 Å². The smallest absolute Gasteiger partial charge is 0.185 e.